The predicted molar refractivity (Wildman–Crippen MR) is 96.2 cm³/mol. The third-order valence-electron chi connectivity index (χ3n) is 4.42. The number of imidazole rings is 2. The lowest BCUT2D eigenvalue weighted by Gasteiger charge is -2.08. The summed E-state index contributed by atoms with van der Waals surface area (Å²) in [4.78, 5) is 30.7. The lowest BCUT2D eigenvalue weighted by atomic mass is 10.3. The molecule has 3 heterocycles. The van der Waals surface area contributed by atoms with Gasteiger partial charge in [0.2, 0.25) is 5.78 Å². The van der Waals surface area contributed by atoms with Crippen molar-refractivity contribution in [1.29, 1.82) is 0 Å². The molecule has 134 valence electrons. The molecule has 3 aromatic heterocycles. The number of aromatic nitrogens is 5. The molecule has 0 saturated carbocycles. The zero-order valence-corrected chi connectivity index (χ0v) is 14.3. The molecule has 0 aliphatic heterocycles. The standard InChI is InChI=1S/C17H17FN6O2/c1-10-9-24-13-14(22(2)17(26)21-15(13)25)20-16(24)23(10)8-7-19-12-5-3-11(18)4-6-12/h3-6,9,19H,7-8H2,1-2H3,(H,21,25,26). The minimum absolute atomic E-state index is 0.279. The number of benzene rings is 1. The largest absolute Gasteiger partial charge is 0.383 e. The van der Waals surface area contributed by atoms with Gasteiger partial charge in [0.1, 0.15) is 5.82 Å². The number of halogens is 1. The van der Waals surface area contributed by atoms with E-state index in [2.05, 4.69) is 15.3 Å². The highest BCUT2D eigenvalue weighted by atomic mass is 19.1. The van der Waals surface area contributed by atoms with E-state index in [9.17, 15) is 14.0 Å². The molecule has 0 saturated heterocycles. The van der Waals surface area contributed by atoms with Crippen LogP contribution < -0.4 is 16.6 Å². The maximum Gasteiger partial charge on any atom is 0.329 e. The van der Waals surface area contributed by atoms with E-state index in [1.54, 1.807) is 23.6 Å². The first-order valence-electron chi connectivity index (χ1n) is 8.12. The Labute approximate surface area is 146 Å². The normalized spacial score (nSPS) is 11.5. The Hall–Kier alpha value is -3.36. The van der Waals surface area contributed by atoms with Gasteiger partial charge in [-0.15, -0.1) is 0 Å². The van der Waals surface area contributed by atoms with E-state index in [-0.39, 0.29) is 5.82 Å². The molecule has 0 unspecified atom stereocenters. The van der Waals surface area contributed by atoms with E-state index in [4.69, 9.17) is 0 Å². The first-order valence-corrected chi connectivity index (χ1v) is 8.12. The average molecular weight is 356 g/mol. The molecule has 26 heavy (non-hydrogen) atoms. The second kappa shape index (κ2) is 5.87. The quantitative estimate of drug-likeness (QED) is 0.576. The molecule has 0 amide bonds. The van der Waals surface area contributed by atoms with Crippen LogP contribution in [-0.4, -0.2) is 30.0 Å². The molecule has 4 aromatic rings. The molecule has 0 aliphatic carbocycles. The SMILES string of the molecule is Cc1cn2c3c(=O)[nH]c(=O)n(C)c3nc2n1CCNc1ccc(F)cc1. The van der Waals surface area contributed by atoms with Crippen LogP contribution in [0.1, 0.15) is 5.69 Å². The maximum atomic E-state index is 13.0. The Kier molecular flexibility index (Phi) is 3.64. The fraction of sp³-hybridized carbons (Fsp3) is 0.235. The molecule has 0 atom stereocenters. The van der Waals surface area contributed by atoms with Gasteiger partial charge in [0.25, 0.3) is 5.56 Å². The van der Waals surface area contributed by atoms with Crippen molar-refractivity contribution in [3.63, 3.8) is 0 Å². The Bertz CT molecular complexity index is 1230. The van der Waals surface area contributed by atoms with Crippen molar-refractivity contribution >= 4 is 22.6 Å². The fourth-order valence-electron chi connectivity index (χ4n) is 3.07. The van der Waals surface area contributed by atoms with E-state index >= 15 is 0 Å². The van der Waals surface area contributed by atoms with Gasteiger partial charge in [0, 0.05) is 37.7 Å². The Morgan fingerprint density at radius 3 is 2.69 bits per heavy atom. The van der Waals surface area contributed by atoms with Crippen LogP contribution in [0.4, 0.5) is 10.1 Å². The molecular formula is C17H17FN6O2. The zero-order chi connectivity index (χ0) is 18.4. The molecule has 0 fully saturated rings. The molecule has 4 rings (SSSR count). The third kappa shape index (κ3) is 2.48. The van der Waals surface area contributed by atoms with E-state index in [0.717, 1.165) is 11.4 Å². The highest BCUT2D eigenvalue weighted by Gasteiger charge is 2.17. The summed E-state index contributed by atoms with van der Waals surface area (Å²) in [6.45, 7) is 3.11. The van der Waals surface area contributed by atoms with Crippen molar-refractivity contribution in [1.82, 2.24) is 23.5 Å². The van der Waals surface area contributed by atoms with Crippen LogP contribution in [0.5, 0.6) is 0 Å². The number of rotatable bonds is 4. The number of hydrogen-bond acceptors (Lipinski definition) is 4. The summed E-state index contributed by atoms with van der Waals surface area (Å²) >= 11 is 0. The highest BCUT2D eigenvalue weighted by Crippen LogP contribution is 2.16. The zero-order valence-electron chi connectivity index (χ0n) is 14.3. The number of nitrogens with zero attached hydrogens (tertiary/aromatic N) is 4. The second-order valence-corrected chi connectivity index (χ2v) is 6.13. The molecular weight excluding hydrogens is 339 g/mol. The molecule has 0 spiro atoms. The minimum Gasteiger partial charge on any atom is -0.383 e. The third-order valence-corrected chi connectivity index (χ3v) is 4.42. The monoisotopic (exact) mass is 356 g/mol. The van der Waals surface area contributed by atoms with Gasteiger partial charge in [0.15, 0.2) is 11.2 Å². The minimum atomic E-state index is -0.496. The lowest BCUT2D eigenvalue weighted by molar-refractivity contribution is 0.628. The summed E-state index contributed by atoms with van der Waals surface area (Å²) in [7, 11) is 1.57. The van der Waals surface area contributed by atoms with Crippen molar-refractivity contribution in [2.45, 2.75) is 13.5 Å². The Balaban J connectivity index is 1.70. The summed E-state index contributed by atoms with van der Waals surface area (Å²) in [5.74, 6) is 0.309. The molecule has 0 bridgehead atoms. The second-order valence-electron chi connectivity index (χ2n) is 6.13. The van der Waals surface area contributed by atoms with Gasteiger partial charge in [-0.05, 0) is 31.2 Å². The molecule has 2 N–H and O–H groups in total. The molecule has 1 aromatic carbocycles. The number of hydrogen-bond donors (Lipinski definition) is 2. The summed E-state index contributed by atoms with van der Waals surface area (Å²) in [6, 6.07) is 6.14. The molecule has 8 nitrogen and oxygen atoms in total. The Morgan fingerprint density at radius 1 is 1.23 bits per heavy atom. The van der Waals surface area contributed by atoms with Crippen LogP contribution in [0.3, 0.4) is 0 Å². The van der Waals surface area contributed by atoms with Crippen molar-refractivity contribution in [2.24, 2.45) is 7.05 Å². The van der Waals surface area contributed by atoms with Crippen molar-refractivity contribution in [3.05, 3.63) is 62.8 Å². The van der Waals surface area contributed by atoms with Crippen LogP contribution in [-0.2, 0) is 13.6 Å². The number of fused-ring (bicyclic) bond motifs is 3. The van der Waals surface area contributed by atoms with E-state index in [1.807, 2.05) is 17.7 Å². The van der Waals surface area contributed by atoms with Crippen LogP contribution in [0, 0.1) is 12.7 Å². The van der Waals surface area contributed by atoms with E-state index in [0.29, 0.717) is 30.0 Å². The highest BCUT2D eigenvalue weighted by molar-refractivity contribution is 5.75. The summed E-state index contributed by atoms with van der Waals surface area (Å²) < 4.78 is 17.9. The van der Waals surface area contributed by atoms with E-state index < -0.39 is 11.2 Å². The topological polar surface area (TPSA) is 89.1 Å². The number of aryl methyl sites for hydroxylation is 2. The van der Waals surface area contributed by atoms with Crippen molar-refractivity contribution in [2.75, 3.05) is 11.9 Å². The predicted octanol–water partition coefficient (Wildman–Crippen LogP) is 1.24. The van der Waals surface area contributed by atoms with Gasteiger partial charge >= 0.3 is 5.69 Å². The Morgan fingerprint density at radius 2 is 1.96 bits per heavy atom. The van der Waals surface area contributed by atoms with Gasteiger partial charge in [-0.2, -0.15) is 4.98 Å². The van der Waals surface area contributed by atoms with Gasteiger partial charge < -0.3 is 9.88 Å². The number of nitrogens with one attached hydrogen (secondary N) is 2. The van der Waals surface area contributed by atoms with Gasteiger partial charge in [-0.1, -0.05) is 0 Å². The average Bonchev–Trinajstić information content (AvgIpc) is 3.11. The fourth-order valence-corrected chi connectivity index (χ4v) is 3.07. The lowest BCUT2D eigenvalue weighted by Crippen LogP contribution is -2.28. The number of H-pyrrole nitrogens is 1. The van der Waals surface area contributed by atoms with Crippen LogP contribution >= 0.6 is 0 Å². The summed E-state index contributed by atoms with van der Waals surface area (Å²) in [6.07, 6.45) is 1.82. The van der Waals surface area contributed by atoms with Crippen molar-refractivity contribution < 1.29 is 4.39 Å². The smallest absolute Gasteiger partial charge is 0.329 e. The van der Waals surface area contributed by atoms with Crippen molar-refractivity contribution in [3.8, 4) is 0 Å². The maximum absolute atomic E-state index is 13.0. The van der Waals surface area contributed by atoms with Crippen LogP contribution in [0.15, 0.2) is 40.1 Å². The van der Waals surface area contributed by atoms with Crippen LogP contribution in [0.2, 0.25) is 0 Å². The van der Waals surface area contributed by atoms with Gasteiger partial charge in [-0.25, -0.2) is 9.18 Å². The number of aromatic amines is 1. The first kappa shape index (κ1) is 16.1. The molecule has 0 radical (unpaired) electrons. The van der Waals surface area contributed by atoms with Crippen LogP contribution in [0.25, 0.3) is 16.9 Å². The molecule has 0 aliphatic rings. The summed E-state index contributed by atoms with van der Waals surface area (Å²) in [5.41, 5.74) is 1.48. The number of anilines is 1. The van der Waals surface area contributed by atoms with Gasteiger partial charge in [-0.3, -0.25) is 18.7 Å². The van der Waals surface area contributed by atoms with E-state index in [1.165, 1.54) is 16.7 Å². The first-order chi connectivity index (χ1) is 12.5. The molecule has 9 heteroatoms. The summed E-state index contributed by atoms with van der Waals surface area (Å²) in [5, 5.41) is 3.22. The van der Waals surface area contributed by atoms with Gasteiger partial charge in [0.05, 0.1) is 0 Å².